The van der Waals surface area contributed by atoms with Crippen molar-refractivity contribution in [3.63, 3.8) is 0 Å². The molecule has 4 atom stereocenters. The minimum atomic E-state index is -1.29. The summed E-state index contributed by atoms with van der Waals surface area (Å²) in [6.45, 7) is 4.09. The molecule has 72 heavy (non-hydrogen) atoms. The van der Waals surface area contributed by atoms with Gasteiger partial charge in [-0.05, 0) is 77.0 Å². The van der Waals surface area contributed by atoms with Crippen molar-refractivity contribution >= 4 is 5.91 Å². The van der Waals surface area contributed by atoms with E-state index in [0.717, 1.165) is 38.5 Å². The highest BCUT2D eigenvalue weighted by atomic mass is 16.3. The molecule has 6 nitrogen and oxygen atoms in total. The Morgan fingerprint density at radius 2 is 0.583 bits per heavy atom. The summed E-state index contributed by atoms with van der Waals surface area (Å²) < 4.78 is 0. The van der Waals surface area contributed by atoms with Gasteiger partial charge >= 0.3 is 0 Å². The van der Waals surface area contributed by atoms with Crippen LogP contribution in [0.5, 0.6) is 0 Å². The van der Waals surface area contributed by atoms with Crippen LogP contribution >= 0.6 is 0 Å². The summed E-state index contributed by atoms with van der Waals surface area (Å²) in [6.07, 6.45) is 76.8. The maximum absolute atomic E-state index is 12.6. The second kappa shape index (κ2) is 60.4. The first kappa shape index (κ1) is 70.5. The highest BCUT2D eigenvalue weighted by Gasteiger charge is 2.28. The van der Waals surface area contributed by atoms with Crippen LogP contribution in [0, 0.1) is 0 Å². The van der Waals surface area contributed by atoms with Crippen molar-refractivity contribution in [2.45, 2.75) is 372 Å². The molecular formula is C66H127NO5. The third-order valence-electron chi connectivity index (χ3n) is 15.3. The van der Waals surface area contributed by atoms with Crippen LogP contribution in [0.2, 0.25) is 0 Å². The fourth-order valence-electron chi connectivity index (χ4n) is 10.2. The summed E-state index contributed by atoms with van der Waals surface area (Å²) in [5, 5.41) is 44.1. The number of aliphatic hydroxyl groups excluding tert-OH is 4. The number of hydrogen-bond acceptors (Lipinski definition) is 5. The Labute approximate surface area is 449 Å². The molecule has 0 rings (SSSR count). The van der Waals surface area contributed by atoms with Crippen molar-refractivity contribution in [1.82, 2.24) is 5.32 Å². The second-order valence-electron chi connectivity index (χ2n) is 22.4. The molecule has 0 fully saturated rings. The van der Waals surface area contributed by atoms with Gasteiger partial charge < -0.3 is 25.7 Å². The maximum atomic E-state index is 12.6. The van der Waals surface area contributed by atoms with Crippen molar-refractivity contribution in [2.24, 2.45) is 0 Å². The van der Waals surface area contributed by atoms with E-state index in [4.69, 9.17) is 0 Å². The quantitative estimate of drug-likeness (QED) is 0.0308. The van der Waals surface area contributed by atoms with Crippen molar-refractivity contribution in [3.05, 3.63) is 36.5 Å². The van der Waals surface area contributed by atoms with Crippen molar-refractivity contribution < 1.29 is 25.2 Å². The standard InChI is InChI=1S/C66H127NO5/c1-3-5-7-9-11-13-15-17-19-21-23-25-27-29-30-31-32-33-34-36-38-40-42-44-46-48-50-52-54-56-58-60-64(70)66(72)67-62(61-68)65(71)63(69)59-57-55-53-51-49-47-45-43-41-39-37-35-28-26-24-22-20-18-16-14-12-10-8-6-4-2/h29-30,43,45,51,53,62-65,68-71H,3-28,31-42,44,46-50,52,54-61H2,1-2H3,(H,67,72)/b30-29-,45-43+,53-51+. The summed E-state index contributed by atoms with van der Waals surface area (Å²) in [4.78, 5) is 12.6. The topological polar surface area (TPSA) is 110 Å². The fraction of sp³-hybridized carbons (Fsp3) is 0.894. The first-order chi connectivity index (χ1) is 35.5. The molecular weight excluding hydrogens is 887 g/mol. The number of nitrogens with one attached hydrogen (secondary N) is 1. The highest BCUT2D eigenvalue weighted by molar-refractivity contribution is 5.80. The average molecular weight is 1010 g/mol. The Kier molecular flexibility index (Phi) is 59.2. The van der Waals surface area contributed by atoms with Crippen molar-refractivity contribution in [3.8, 4) is 0 Å². The molecule has 0 aliphatic rings. The van der Waals surface area contributed by atoms with Crippen LogP contribution in [0.4, 0.5) is 0 Å². The Morgan fingerprint density at radius 3 is 0.875 bits per heavy atom. The zero-order valence-corrected chi connectivity index (χ0v) is 48.4. The number of rotatable bonds is 60. The van der Waals surface area contributed by atoms with E-state index in [1.807, 2.05) is 0 Å². The molecule has 0 saturated carbocycles. The molecule has 0 bridgehead atoms. The number of unbranched alkanes of at least 4 members (excludes halogenated alkanes) is 45. The van der Waals surface area contributed by atoms with Gasteiger partial charge in [-0.15, -0.1) is 0 Å². The summed E-state index contributed by atoms with van der Waals surface area (Å²) in [6, 6.07) is -1.01. The summed E-state index contributed by atoms with van der Waals surface area (Å²) in [7, 11) is 0. The highest BCUT2D eigenvalue weighted by Crippen LogP contribution is 2.18. The number of carbonyl (C=O) groups is 1. The van der Waals surface area contributed by atoms with Gasteiger partial charge in [-0.25, -0.2) is 0 Å². The van der Waals surface area contributed by atoms with E-state index in [9.17, 15) is 25.2 Å². The number of hydrogen-bond donors (Lipinski definition) is 5. The smallest absolute Gasteiger partial charge is 0.249 e. The molecule has 0 aromatic heterocycles. The zero-order chi connectivity index (χ0) is 52.3. The fourth-order valence-corrected chi connectivity index (χ4v) is 10.2. The predicted molar refractivity (Wildman–Crippen MR) is 316 cm³/mol. The summed E-state index contributed by atoms with van der Waals surface area (Å²) in [5.74, 6) is -0.592. The van der Waals surface area contributed by atoms with Crippen LogP contribution < -0.4 is 5.32 Å². The van der Waals surface area contributed by atoms with Gasteiger partial charge in [-0.1, -0.05) is 307 Å². The van der Waals surface area contributed by atoms with Gasteiger partial charge in [-0.2, -0.15) is 0 Å². The molecule has 0 spiro atoms. The molecule has 0 saturated heterocycles. The van der Waals surface area contributed by atoms with Crippen LogP contribution in [0.3, 0.4) is 0 Å². The van der Waals surface area contributed by atoms with Crippen LogP contribution in [0.25, 0.3) is 0 Å². The lowest BCUT2D eigenvalue weighted by Crippen LogP contribution is -2.53. The third kappa shape index (κ3) is 53.4. The van der Waals surface area contributed by atoms with Crippen LogP contribution in [0.1, 0.15) is 348 Å². The lowest BCUT2D eigenvalue weighted by molar-refractivity contribution is -0.132. The van der Waals surface area contributed by atoms with Crippen LogP contribution in [-0.2, 0) is 4.79 Å². The zero-order valence-electron chi connectivity index (χ0n) is 48.4. The van der Waals surface area contributed by atoms with E-state index in [0.29, 0.717) is 19.3 Å². The van der Waals surface area contributed by atoms with Gasteiger partial charge in [0.05, 0.1) is 18.8 Å². The third-order valence-corrected chi connectivity index (χ3v) is 15.3. The summed E-state index contributed by atoms with van der Waals surface area (Å²) in [5.41, 5.74) is 0. The predicted octanol–water partition coefficient (Wildman–Crippen LogP) is 19.5. The van der Waals surface area contributed by atoms with Crippen molar-refractivity contribution in [2.75, 3.05) is 6.61 Å². The number of amides is 1. The molecule has 0 aromatic rings. The molecule has 0 aromatic carbocycles. The summed E-state index contributed by atoms with van der Waals surface area (Å²) >= 11 is 0. The van der Waals surface area contributed by atoms with Gasteiger partial charge in [0.25, 0.3) is 0 Å². The Hall–Kier alpha value is -1.47. The van der Waals surface area contributed by atoms with Gasteiger partial charge in [0.1, 0.15) is 12.2 Å². The minimum absolute atomic E-state index is 0.362. The van der Waals surface area contributed by atoms with E-state index in [-0.39, 0.29) is 0 Å². The van der Waals surface area contributed by atoms with Gasteiger partial charge in [0, 0.05) is 0 Å². The molecule has 0 aliphatic heterocycles. The second-order valence-corrected chi connectivity index (χ2v) is 22.4. The molecule has 0 heterocycles. The largest absolute Gasteiger partial charge is 0.394 e. The van der Waals surface area contributed by atoms with Crippen LogP contribution in [0.15, 0.2) is 36.5 Å². The first-order valence-electron chi connectivity index (χ1n) is 32.4. The number of allylic oxidation sites excluding steroid dienone is 6. The van der Waals surface area contributed by atoms with Crippen molar-refractivity contribution in [1.29, 1.82) is 0 Å². The first-order valence-corrected chi connectivity index (χ1v) is 32.4. The Morgan fingerprint density at radius 1 is 0.333 bits per heavy atom. The maximum Gasteiger partial charge on any atom is 0.249 e. The van der Waals surface area contributed by atoms with Gasteiger partial charge in [0.15, 0.2) is 0 Å². The molecule has 6 heteroatoms. The van der Waals surface area contributed by atoms with E-state index in [1.54, 1.807) is 0 Å². The monoisotopic (exact) mass is 1010 g/mol. The van der Waals surface area contributed by atoms with Crippen LogP contribution in [-0.4, -0.2) is 57.3 Å². The average Bonchev–Trinajstić information content (AvgIpc) is 3.39. The van der Waals surface area contributed by atoms with E-state index < -0.39 is 36.9 Å². The Balaban J connectivity index is 3.61. The van der Waals surface area contributed by atoms with E-state index >= 15 is 0 Å². The molecule has 0 radical (unpaired) electrons. The molecule has 4 unspecified atom stereocenters. The van der Waals surface area contributed by atoms with E-state index in [1.165, 1.54) is 276 Å². The number of aliphatic hydroxyl groups is 4. The Bertz CT molecular complexity index is 1140. The SMILES string of the molecule is CCCCCCCCCCCCCC/C=C\CCCCCCCCCCCCCCCCCC(O)C(=O)NC(CO)C(O)C(O)CCC/C=C/CC/C=C/CCCCCCCCCCCCCCCCCC. The van der Waals surface area contributed by atoms with E-state index in [2.05, 4.69) is 55.6 Å². The lowest BCUT2D eigenvalue weighted by atomic mass is 10.00. The molecule has 0 aliphatic carbocycles. The minimum Gasteiger partial charge on any atom is -0.394 e. The molecule has 5 N–H and O–H groups in total. The van der Waals surface area contributed by atoms with Gasteiger partial charge in [-0.3, -0.25) is 4.79 Å². The number of carbonyl (C=O) groups excluding carboxylic acids is 1. The lowest BCUT2D eigenvalue weighted by Gasteiger charge is -2.27. The molecule has 1 amide bonds. The molecule has 426 valence electrons. The normalized spacial score (nSPS) is 13.8. The van der Waals surface area contributed by atoms with Gasteiger partial charge in [0.2, 0.25) is 5.91 Å².